The number of benzene rings is 2. The van der Waals surface area contributed by atoms with Crippen molar-refractivity contribution in [2.24, 2.45) is 0 Å². The van der Waals surface area contributed by atoms with E-state index < -0.39 is 70.8 Å². The van der Waals surface area contributed by atoms with E-state index in [2.05, 4.69) is 0 Å². The highest BCUT2D eigenvalue weighted by molar-refractivity contribution is 7.91. The molecule has 0 unspecified atom stereocenters. The van der Waals surface area contributed by atoms with Crippen LogP contribution in [0.4, 0.5) is 0 Å². The van der Waals surface area contributed by atoms with E-state index in [9.17, 15) is 47.3 Å². The summed E-state index contributed by atoms with van der Waals surface area (Å²) in [7, 11) is -22.1. The van der Waals surface area contributed by atoms with Gasteiger partial charge in [-0.05, 0) is 17.5 Å². The van der Waals surface area contributed by atoms with Crippen molar-refractivity contribution in [2.45, 2.75) is 19.6 Å². The molecule has 0 spiro atoms. The minimum Gasteiger partial charge on any atom is -0.282 e. The molecule has 2 rings (SSSR count). The molecule has 0 saturated heterocycles. The summed E-state index contributed by atoms with van der Waals surface area (Å²) < 4.78 is 129. The van der Waals surface area contributed by atoms with Crippen LogP contribution in [0.1, 0.15) is 0 Å². The quantitative estimate of drug-likeness (QED) is 0.448. The lowest BCUT2D eigenvalue weighted by atomic mass is 10.1. The summed E-state index contributed by atoms with van der Waals surface area (Å²) in [5.41, 5.74) is 0. The molecule has 0 aromatic heterocycles. The van der Waals surface area contributed by atoms with Gasteiger partial charge in [0.15, 0.2) is 0 Å². The molecule has 12 nitrogen and oxygen atoms in total. The van der Waals surface area contributed by atoms with Crippen LogP contribution in [0.15, 0.2) is 43.8 Å². The van der Waals surface area contributed by atoms with Crippen LogP contribution < -0.4 is 0 Å². The van der Waals surface area contributed by atoms with Gasteiger partial charge in [0, 0.05) is 5.39 Å². The molecule has 0 atom stereocenters. The molecule has 144 valence electrons. The van der Waals surface area contributed by atoms with E-state index in [4.69, 9.17) is 4.55 Å². The zero-order chi connectivity index (χ0) is 20.3. The first-order valence-corrected chi connectivity index (χ1v) is 11.7. The average Bonchev–Trinajstić information content (AvgIpc) is 2.40. The maximum Gasteiger partial charge on any atom is 0.297 e. The van der Waals surface area contributed by atoms with E-state index in [1.54, 1.807) is 0 Å². The van der Waals surface area contributed by atoms with Gasteiger partial charge in [0.25, 0.3) is 40.5 Å². The largest absolute Gasteiger partial charge is 0.297 e. The van der Waals surface area contributed by atoms with Crippen LogP contribution >= 0.6 is 0 Å². The summed E-state index contributed by atoms with van der Waals surface area (Å²) in [6.07, 6.45) is 0. The van der Waals surface area contributed by atoms with Crippen LogP contribution in [-0.4, -0.2) is 51.9 Å². The van der Waals surface area contributed by atoms with Gasteiger partial charge in [0.2, 0.25) is 0 Å². The zero-order valence-electron chi connectivity index (χ0n) is 12.0. The first-order chi connectivity index (χ1) is 11.5. The van der Waals surface area contributed by atoms with Crippen molar-refractivity contribution < 1.29 is 51.9 Å². The van der Waals surface area contributed by atoms with E-state index >= 15 is 0 Å². The van der Waals surface area contributed by atoms with Crippen LogP contribution in [0.2, 0.25) is 0 Å². The van der Waals surface area contributed by atoms with Crippen LogP contribution in [0, 0.1) is 0 Å². The second-order valence-electron chi connectivity index (χ2n) is 4.79. The molecule has 0 bridgehead atoms. The summed E-state index contributed by atoms with van der Waals surface area (Å²) in [5.74, 6) is 0. The van der Waals surface area contributed by atoms with Gasteiger partial charge in [-0.2, -0.15) is 33.7 Å². The Balaban J connectivity index is 3.49. The van der Waals surface area contributed by atoms with E-state index in [0.717, 1.165) is 12.1 Å². The Morgan fingerprint density at radius 2 is 1.04 bits per heavy atom. The highest BCUT2D eigenvalue weighted by Crippen LogP contribution is 2.38. The van der Waals surface area contributed by atoms with Crippen molar-refractivity contribution in [1.82, 2.24) is 0 Å². The van der Waals surface area contributed by atoms with Crippen molar-refractivity contribution in [3.8, 4) is 0 Å². The molecule has 2 aromatic rings. The Kier molecular flexibility index (Phi) is 4.71. The van der Waals surface area contributed by atoms with Gasteiger partial charge < -0.3 is 0 Å². The Morgan fingerprint density at radius 3 is 1.42 bits per heavy atom. The molecule has 16 heteroatoms. The predicted molar refractivity (Wildman–Crippen MR) is 83.2 cm³/mol. The first kappa shape index (κ1) is 20.6. The fourth-order valence-corrected chi connectivity index (χ4v) is 6.45. The molecule has 2 aromatic carbocycles. The van der Waals surface area contributed by atoms with Crippen molar-refractivity contribution in [1.29, 1.82) is 0 Å². The predicted octanol–water partition coefficient (Wildman–Crippen LogP) is -0.173. The highest BCUT2D eigenvalue weighted by Gasteiger charge is 2.36. The molecule has 0 radical (unpaired) electrons. The normalized spacial score (nSPS) is 13.8. The van der Waals surface area contributed by atoms with E-state index in [-0.39, 0.29) is 0 Å². The van der Waals surface area contributed by atoms with Crippen molar-refractivity contribution in [2.75, 3.05) is 0 Å². The van der Waals surface area contributed by atoms with Gasteiger partial charge in [-0.15, -0.1) is 0 Å². The lowest BCUT2D eigenvalue weighted by molar-refractivity contribution is 0.457. The molecule has 0 aliphatic heterocycles. The molecule has 0 saturated carbocycles. The van der Waals surface area contributed by atoms with Gasteiger partial charge in [-0.3, -0.25) is 18.2 Å². The Bertz CT molecular complexity index is 1350. The topological polar surface area (TPSA) is 217 Å². The Labute approximate surface area is 147 Å². The molecule has 26 heavy (non-hydrogen) atoms. The monoisotopic (exact) mass is 448 g/mol. The van der Waals surface area contributed by atoms with E-state index in [1.165, 1.54) is 0 Å². The summed E-state index contributed by atoms with van der Waals surface area (Å²) in [5, 5.41) is -1.72. The fourth-order valence-electron chi connectivity index (χ4n) is 2.24. The van der Waals surface area contributed by atoms with Gasteiger partial charge in [-0.25, -0.2) is 0 Å². The standard InChI is InChI=1S/C10H8O12S4/c11-23(12,13)6-3-1-2-5-4-7(24(14,15)16)9(25(17,18)19)10(8(5)6)26(20,21)22/h1-4H,(H,11,12,13)(H,14,15,16)(H,17,18,19)(H,20,21,22). The second-order valence-corrected chi connectivity index (χ2v) is 10.3. The first-order valence-electron chi connectivity index (χ1n) is 5.95. The summed E-state index contributed by atoms with van der Waals surface area (Å²) >= 11 is 0. The third-order valence-corrected chi connectivity index (χ3v) is 6.97. The van der Waals surface area contributed by atoms with Crippen LogP contribution in [0.5, 0.6) is 0 Å². The third-order valence-electron chi connectivity index (χ3n) is 3.07. The number of rotatable bonds is 4. The lowest BCUT2D eigenvalue weighted by Gasteiger charge is -2.14. The van der Waals surface area contributed by atoms with Crippen LogP contribution in [-0.2, 0) is 40.5 Å². The van der Waals surface area contributed by atoms with Gasteiger partial charge >= 0.3 is 0 Å². The number of hydrogen-bond acceptors (Lipinski definition) is 8. The summed E-state index contributed by atoms with van der Waals surface area (Å²) in [6.45, 7) is 0. The Hall–Kier alpha value is -1.66. The molecule has 0 amide bonds. The maximum atomic E-state index is 11.7. The Morgan fingerprint density at radius 1 is 0.577 bits per heavy atom. The molecule has 4 N–H and O–H groups in total. The highest BCUT2D eigenvalue weighted by atomic mass is 32.2. The average molecular weight is 448 g/mol. The minimum atomic E-state index is -5.74. The van der Waals surface area contributed by atoms with Crippen LogP contribution in [0.3, 0.4) is 0 Å². The van der Waals surface area contributed by atoms with Gasteiger partial charge in [-0.1, -0.05) is 12.1 Å². The van der Waals surface area contributed by atoms with E-state index in [0.29, 0.717) is 12.1 Å². The lowest BCUT2D eigenvalue weighted by Crippen LogP contribution is -2.16. The zero-order valence-corrected chi connectivity index (χ0v) is 15.3. The third kappa shape index (κ3) is 3.71. The summed E-state index contributed by atoms with van der Waals surface area (Å²) in [6, 6.07) is 2.81. The number of fused-ring (bicyclic) bond motifs is 1. The van der Waals surface area contributed by atoms with Gasteiger partial charge in [0.05, 0.1) is 0 Å². The second kappa shape index (κ2) is 5.92. The van der Waals surface area contributed by atoms with Gasteiger partial charge in [0.1, 0.15) is 19.6 Å². The smallest absolute Gasteiger partial charge is 0.282 e. The molecular weight excluding hydrogens is 440 g/mol. The minimum absolute atomic E-state index is 0.344. The molecular formula is C10H8O12S4. The van der Waals surface area contributed by atoms with Crippen LogP contribution in [0.25, 0.3) is 10.8 Å². The molecule has 0 fully saturated rings. The van der Waals surface area contributed by atoms with Crippen molar-refractivity contribution in [3.63, 3.8) is 0 Å². The molecule has 0 aliphatic carbocycles. The molecule has 0 heterocycles. The number of hydrogen-bond donors (Lipinski definition) is 4. The van der Waals surface area contributed by atoms with Crippen molar-refractivity contribution >= 4 is 51.2 Å². The van der Waals surface area contributed by atoms with E-state index in [1.807, 2.05) is 0 Å². The fraction of sp³-hybridized carbons (Fsp3) is 0. The maximum absolute atomic E-state index is 11.7. The summed E-state index contributed by atoms with van der Waals surface area (Å²) in [4.78, 5) is -6.66. The van der Waals surface area contributed by atoms with Crippen molar-refractivity contribution in [3.05, 3.63) is 24.3 Å². The molecule has 0 aliphatic rings. The SMILES string of the molecule is O=S(=O)(O)c1cc2cccc(S(=O)(=O)O)c2c(S(=O)(=O)O)c1S(=O)(=O)O.